The Morgan fingerprint density at radius 1 is 1.36 bits per heavy atom. The number of hydrogen-bond acceptors (Lipinski definition) is 4. The molecule has 1 aliphatic rings. The molecule has 1 aromatic carbocycles. The number of carbonyl (C=O) groups is 1. The van der Waals surface area contributed by atoms with Crippen molar-refractivity contribution in [1.29, 1.82) is 0 Å². The quantitative estimate of drug-likeness (QED) is 0.631. The third kappa shape index (κ3) is 7.75. The molecule has 1 heterocycles. The van der Waals surface area contributed by atoms with Gasteiger partial charge in [-0.15, -0.1) is 0 Å². The van der Waals surface area contributed by atoms with Crippen molar-refractivity contribution in [1.82, 2.24) is 10.2 Å². The predicted octanol–water partition coefficient (Wildman–Crippen LogP) is 2.69. The Morgan fingerprint density at radius 2 is 2.12 bits per heavy atom. The number of amides is 2. The average Bonchev–Trinajstić information content (AvgIpc) is 2.59. The Bertz CT molecular complexity index is 528. The molecular formula is C19H31N3O3. The molecule has 0 saturated carbocycles. The minimum atomic E-state index is -0.199. The number of aliphatic hydroxyl groups excluding tert-OH is 1. The third-order valence-corrected chi connectivity index (χ3v) is 4.17. The van der Waals surface area contributed by atoms with Crippen LogP contribution >= 0.6 is 0 Å². The number of nitrogens with one attached hydrogen (secondary N) is 2. The number of carbonyl (C=O) groups excluding carboxylic acids is 1. The molecule has 3 N–H and O–H groups in total. The average molecular weight is 349 g/mol. The number of rotatable bonds is 8. The topological polar surface area (TPSA) is 73.8 Å². The number of likely N-dealkylation sites (tertiary alicyclic amines) is 1. The van der Waals surface area contributed by atoms with Gasteiger partial charge in [0.05, 0.1) is 12.7 Å². The summed E-state index contributed by atoms with van der Waals surface area (Å²) in [6.45, 7) is 8.32. The van der Waals surface area contributed by atoms with Crippen LogP contribution in [0.15, 0.2) is 24.3 Å². The Hall–Kier alpha value is -1.79. The Labute approximate surface area is 150 Å². The van der Waals surface area contributed by atoms with E-state index >= 15 is 0 Å². The fourth-order valence-corrected chi connectivity index (χ4v) is 2.75. The first-order valence-electron chi connectivity index (χ1n) is 9.21. The Balaban J connectivity index is 1.64. The molecule has 0 atom stereocenters. The number of ether oxygens (including phenoxy) is 1. The van der Waals surface area contributed by atoms with Crippen LogP contribution in [-0.4, -0.2) is 54.9 Å². The Kier molecular flexibility index (Phi) is 8.01. The molecular weight excluding hydrogens is 318 g/mol. The molecule has 1 fully saturated rings. The van der Waals surface area contributed by atoms with Gasteiger partial charge >= 0.3 is 6.03 Å². The summed E-state index contributed by atoms with van der Waals surface area (Å²) in [5.41, 5.74) is 0.726. The van der Waals surface area contributed by atoms with Crippen molar-refractivity contribution >= 4 is 11.7 Å². The van der Waals surface area contributed by atoms with Crippen LogP contribution in [0.5, 0.6) is 5.75 Å². The molecule has 2 rings (SSSR count). The van der Waals surface area contributed by atoms with Crippen LogP contribution in [0.25, 0.3) is 0 Å². The molecule has 25 heavy (non-hydrogen) atoms. The minimum Gasteiger partial charge on any atom is -0.493 e. The van der Waals surface area contributed by atoms with Crippen molar-refractivity contribution < 1.29 is 14.6 Å². The number of piperidine rings is 1. The van der Waals surface area contributed by atoms with E-state index in [4.69, 9.17) is 4.74 Å². The molecule has 6 heteroatoms. The van der Waals surface area contributed by atoms with E-state index in [0.717, 1.165) is 50.3 Å². The second kappa shape index (κ2) is 10.3. The molecule has 1 aliphatic heterocycles. The van der Waals surface area contributed by atoms with Crippen LogP contribution in [0.2, 0.25) is 0 Å². The number of urea groups is 1. The SMILES string of the molecule is CC(C)COc1cccc(NC(=O)NCCCN2CCC(O)CC2)c1. The van der Waals surface area contributed by atoms with E-state index in [1.807, 2.05) is 24.3 Å². The van der Waals surface area contributed by atoms with E-state index < -0.39 is 0 Å². The van der Waals surface area contributed by atoms with Gasteiger partial charge in [0.1, 0.15) is 5.75 Å². The number of hydrogen-bond donors (Lipinski definition) is 3. The summed E-state index contributed by atoms with van der Waals surface area (Å²) in [4.78, 5) is 14.3. The summed E-state index contributed by atoms with van der Waals surface area (Å²) in [6, 6.07) is 7.24. The van der Waals surface area contributed by atoms with E-state index in [-0.39, 0.29) is 12.1 Å². The first kappa shape index (κ1) is 19.5. The summed E-state index contributed by atoms with van der Waals surface area (Å²) in [7, 11) is 0. The lowest BCUT2D eigenvalue weighted by Gasteiger charge is -2.29. The van der Waals surface area contributed by atoms with Crippen LogP contribution in [0.1, 0.15) is 33.1 Å². The highest BCUT2D eigenvalue weighted by Crippen LogP contribution is 2.18. The van der Waals surface area contributed by atoms with Gasteiger partial charge < -0.3 is 25.4 Å². The fourth-order valence-electron chi connectivity index (χ4n) is 2.75. The molecule has 0 aliphatic carbocycles. The molecule has 140 valence electrons. The van der Waals surface area contributed by atoms with Crippen LogP contribution < -0.4 is 15.4 Å². The van der Waals surface area contributed by atoms with Gasteiger partial charge in [0.2, 0.25) is 0 Å². The molecule has 0 spiro atoms. The van der Waals surface area contributed by atoms with E-state index in [0.29, 0.717) is 19.1 Å². The number of aliphatic hydroxyl groups is 1. The van der Waals surface area contributed by atoms with Gasteiger partial charge in [-0.1, -0.05) is 19.9 Å². The van der Waals surface area contributed by atoms with Gasteiger partial charge in [-0.3, -0.25) is 0 Å². The summed E-state index contributed by atoms with van der Waals surface area (Å²) < 4.78 is 5.67. The molecule has 1 aromatic rings. The molecule has 6 nitrogen and oxygen atoms in total. The largest absolute Gasteiger partial charge is 0.493 e. The highest BCUT2D eigenvalue weighted by molar-refractivity contribution is 5.89. The molecule has 0 bridgehead atoms. The zero-order valence-electron chi connectivity index (χ0n) is 15.3. The van der Waals surface area contributed by atoms with Gasteiger partial charge in [0.15, 0.2) is 0 Å². The molecule has 2 amide bonds. The number of nitrogens with zero attached hydrogens (tertiary/aromatic N) is 1. The summed E-state index contributed by atoms with van der Waals surface area (Å²) in [6.07, 6.45) is 2.47. The maximum atomic E-state index is 12.0. The highest BCUT2D eigenvalue weighted by Gasteiger charge is 2.16. The van der Waals surface area contributed by atoms with E-state index in [2.05, 4.69) is 29.4 Å². The van der Waals surface area contributed by atoms with Crippen LogP contribution in [0.3, 0.4) is 0 Å². The molecule has 0 unspecified atom stereocenters. The zero-order chi connectivity index (χ0) is 18.1. The van der Waals surface area contributed by atoms with E-state index in [1.54, 1.807) is 0 Å². The summed E-state index contributed by atoms with van der Waals surface area (Å²) in [5.74, 6) is 1.22. The maximum Gasteiger partial charge on any atom is 0.319 e. The summed E-state index contributed by atoms with van der Waals surface area (Å²) >= 11 is 0. The normalized spacial score (nSPS) is 16.0. The number of benzene rings is 1. The number of anilines is 1. The van der Waals surface area contributed by atoms with Crippen LogP contribution in [-0.2, 0) is 0 Å². The van der Waals surface area contributed by atoms with Gasteiger partial charge in [0, 0.05) is 31.4 Å². The van der Waals surface area contributed by atoms with Crippen molar-refractivity contribution in [3.63, 3.8) is 0 Å². The first-order valence-corrected chi connectivity index (χ1v) is 9.21. The maximum absolute atomic E-state index is 12.0. The highest BCUT2D eigenvalue weighted by atomic mass is 16.5. The molecule has 0 aromatic heterocycles. The van der Waals surface area contributed by atoms with Gasteiger partial charge in [-0.25, -0.2) is 4.79 Å². The lowest BCUT2D eigenvalue weighted by atomic mass is 10.1. The summed E-state index contributed by atoms with van der Waals surface area (Å²) in [5, 5.41) is 15.2. The van der Waals surface area contributed by atoms with Crippen molar-refractivity contribution in [3.05, 3.63) is 24.3 Å². The lowest BCUT2D eigenvalue weighted by molar-refractivity contribution is 0.0822. The first-order chi connectivity index (χ1) is 12.0. The van der Waals surface area contributed by atoms with Crippen molar-refractivity contribution in [3.8, 4) is 5.75 Å². The minimum absolute atomic E-state index is 0.138. The van der Waals surface area contributed by atoms with E-state index in [9.17, 15) is 9.90 Å². The zero-order valence-corrected chi connectivity index (χ0v) is 15.3. The van der Waals surface area contributed by atoms with Crippen LogP contribution in [0.4, 0.5) is 10.5 Å². The van der Waals surface area contributed by atoms with Crippen molar-refractivity contribution in [2.75, 3.05) is 38.1 Å². The van der Waals surface area contributed by atoms with Crippen molar-refractivity contribution in [2.45, 2.75) is 39.2 Å². The van der Waals surface area contributed by atoms with E-state index in [1.165, 1.54) is 0 Å². The predicted molar refractivity (Wildman–Crippen MR) is 100 cm³/mol. The Morgan fingerprint density at radius 3 is 2.84 bits per heavy atom. The fraction of sp³-hybridized carbons (Fsp3) is 0.632. The van der Waals surface area contributed by atoms with Gasteiger partial charge in [0.25, 0.3) is 0 Å². The second-order valence-electron chi connectivity index (χ2n) is 7.04. The standard InChI is InChI=1S/C19H31N3O3/c1-15(2)14-25-18-6-3-5-16(13-18)21-19(24)20-9-4-10-22-11-7-17(23)8-12-22/h3,5-6,13,15,17,23H,4,7-12,14H2,1-2H3,(H2,20,21,24). The molecule has 1 saturated heterocycles. The van der Waals surface area contributed by atoms with Gasteiger partial charge in [-0.05, 0) is 43.9 Å². The lowest BCUT2D eigenvalue weighted by Crippen LogP contribution is -2.38. The smallest absolute Gasteiger partial charge is 0.319 e. The third-order valence-electron chi connectivity index (χ3n) is 4.17. The van der Waals surface area contributed by atoms with Crippen LogP contribution in [0, 0.1) is 5.92 Å². The van der Waals surface area contributed by atoms with Crippen molar-refractivity contribution in [2.24, 2.45) is 5.92 Å². The molecule has 0 radical (unpaired) electrons. The monoisotopic (exact) mass is 349 g/mol. The second-order valence-corrected chi connectivity index (χ2v) is 7.04. The van der Waals surface area contributed by atoms with Gasteiger partial charge in [-0.2, -0.15) is 0 Å².